The molecule has 7 aromatic rings. The van der Waals surface area contributed by atoms with Crippen molar-refractivity contribution in [3.8, 4) is 17.8 Å². The fraction of sp³-hybridized carbons (Fsp3) is 0. The minimum Gasteiger partial charge on any atom is -0.304 e. The molecule has 0 atom stereocenters. The summed E-state index contributed by atoms with van der Waals surface area (Å²) >= 11 is 0. The highest BCUT2D eigenvalue weighted by Crippen LogP contribution is 2.34. The van der Waals surface area contributed by atoms with Crippen molar-refractivity contribution in [3.05, 3.63) is 126 Å². The molecule has 7 rings (SSSR count). The number of rotatable bonds is 2. The molecule has 0 radical (unpaired) electrons. The maximum atomic E-state index is 10.0. The van der Waals surface area contributed by atoms with Crippen LogP contribution in [0.25, 0.3) is 54.1 Å². The minimum absolute atomic E-state index is 0.505. The zero-order valence-corrected chi connectivity index (χ0v) is 20.0. The van der Waals surface area contributed by atoms with Gasteiger partial charge in [-0.2, -0.15) is 10.5 Å². The lowest BCUT2D eigenvalue weighted by Gasteiger charge is -2.09. The van der Waals surface area contributed by atoms with E-state index in [1.807, 2.05) is 95.9 Å². The highest BCUT2D eigenvalue weighted by atomic mass is 15.4. The Balaban J connectivity index is 1.58. The summed E-state index contributed by atoms with van der Waals surface area (Å²) in [5, 5.41) is 23.5. The standard InChI is InChI=1S/C32H17N6/c1-35-23-11-13-30-28(16-23)25-6-2-4-8-29(25)37(30)24-14-22(18-34)19-36(20-24)38-31-9-5-3-7-26(31)27-15-21(17-33)10-12-32(27)38/h2-16,19-20H/q+1. The summed E-state index contributed by atoms with van der Waals surface area (Å²) in [6.07, 6.45) is 3.83. The van der Waals surface area contributed by atoms with Crippen LogP contribution in [-0.2, 0) is 0 Å². The van der Waals surface area contributed by atoms with E-state index in [9.17, 15) is 10.5 Å². The van der Waals surface area contributed by atoms with Gasteiger partial charge < -0.3 is 4.57 Å². The Morgan fingerprint density at radius 1 is 0.632 bits per heavy atom. The molecule has 0 aliphatic heterocycles. The summed E-state index contributed by atoms with van der Waals surface area (Å²) in [6.45, 7) is 7.47. The molecule has 0 aliphatic carbocycles. The summed E-state index contributed by atoms with van der Waals surface area (Å²) in [7, 11) is 0. The fourth-order valence-corrected chi connectivity index (χ4v) is 5.43. The van der Waals surface area contributed by atoms with Gasteiger partial charge in [-0.25, -0.2) is 4.85 Å². The van der Waals surface area contributed by atoms with E-state index in [1.165, 1.54) is 0 Å². The molecule has 6 nitrogen and oxygen atoms in total. The zero-order chi connectivity index (χ0) is 25.8. The Morgan fingerprint density at radius 2 is 1.26 bits per heavy atom. The Morgan fingerprint density at radius 3 is 2.03 bits per heavy atom. The fourth-order valence-electron chi connectivity index (χ4n) is 5.43. The molecular formula is C32H17N6+. The van der Waals surface area contributed by atoms with E-state index in [0.717, 1.165) is 49.3 Å². The van der Waals surface area contributed by atoms with Crippen LogP contribution in [0.2, 0.25) is 0 Å². The first-order chi connectivity index (χ1) is 18.7. The van der Waals surface area contributed by atoms with Crippen LogP contribution in [0, 0.1) is 29.2 Å². The lowest BCUT2D eigenvalue weighted by molar-refractivity contribution is -0.720. The van der Waals surface area contributed by atoms with Crippen molar-refractivity contribution in [2.75, 3.05) is 0 Å². The molecular weight excluding hydrogens is 468 g/mol. The van der Waals surface area contributed by atoms with Crippen molar-refractivity contribution in [1.29, 1.82) is 10.5 Å². The van der Waals surface area contributed by atoms with E-state index in [-0.39, 0.29) is 0 Å². The number of nitriles is 2. The summed E-state index contributed by atoms with van der Waals surface area (Å²) in [4.78, 5) is 3.63. The minimum atomic E-state index is 0.505. The van der Waals surface area contributed by atoms with Crippen molar-refractivity contribution in [1.82, 2.24) is 9.24 Å². The molecule has 0 spiro atoms. The zero-order valence-electron chi connectivity index (χ0n) is 20.0. The average molecular weight is 486 g/mol. The van der Waals surface area contributed by atoms with E-state index in [1.54, 1.807) is 0 Å². The maximum absolute atomic E-state index is 10.0. The normalized spacial score (nSPS) is 11.1. The first kappa shape index (κ1) is 21.4. The van der Waals surface area contributed by atoms with Crippen LogP contribution in [-0.4, -0.2) is 9.24 Å². The van der Waals surface area contributed by atoms with E-state index in [4.69, 9.17) is 6.57 Å². The maximum Gasteiger partial charge on any atom is 0.224 e. The van der Waals surface area contributed by atoms with Gasteiger partial charge in [-0.1, -0.05) is 47.1 Å². The Labute approximate surface area is 217 Å². The monoisotopic (exact) mass is 485 g/mol. The molecule has 0 saturated heterocycles. The predicted molar refractivity (Wildman–Crippen MR) is 147 cm³/mol. The Hall–Kier alpha value is -5.90. The number of benzene rings is 4. The van der Waals surface area contributed by atoms with Crippen molar-refractivity contribution in [2.45, 2.75) is 0 Å². The molecule has 6 heteroatoms. The van der Waals surface area contributed by atoms with E-state index in [0.29, 0.717) is 16.8 Å². The third kappa shape index (κ3) is 3.00. The van der Waals surface area contributed by atoms with E-state index < -0.39 is 0 Å². The van der Waals surface area contributed by atoms with Gasteiger partial charge in [-0.15, -0.1) is 4.68 Å². The van der Waals surface area contributed by atoms with E-state index in [2.05, 4.69) is 38.4 Å². The summed E-state index contributed by atoms with van der Waals surface area (Å²) in [6, 6.07) is 34.0. The number of nitrogens with zero attached hydrogens (tertiary/aromatic N) is 6. The van der Waals surface area contributed by atoms with Crippen molar-refractivity contribution >= 4 is 49.3 Å². The van der Waals surface area contributed by atoms with Gasteiger partial charge in [0.1, 0.15) is 28.4 Å². The van der Waals surface area contributed by atoms with Crippen molar-refractivity contribution < 1.29 is 4.68 Å². The van der Waals surface area contributed by atoms with Crippen LogP contribution >= 0.6 is 0 Å². The van der Waals surface area contributed by atoms with Gasteiger partial charge in [-0.3, -0.25) is 0 Å². The molecule has 3 heterocycles. The van der Waals surface area contributed by atoms with Crippen LogP contribution in [0.5, 0.6) is 0 Å². The first-order valence-electron chi connectivity index (χ1n) is 12.0. The number of aromatic nitrogens is 3. The van der Waals surface area contributed by atoms with Gasteiger partial charge >= 0.3 is 0 Å². The Kier molecular flexibility index (Phi) is 4.54. The van der Waals surface area contributed by atoms with Gasteiger partial charge in [0.15, 0.2) is 5.69 Å². The molecule has 0 amide bonds. The Bertz CT molecular complexity index is 2080. The highest BCUT2D eigenvalue weighted by molar-refractivity contribution is 6.10. The largest absolute Gasteiger partial charge is 0.304 e. The summed E-state index contributed by atoms with van der Waals surface area (Å²) in [5.74, 6) is 0. The van der Waals surface area contributed by atoms with Gasteiger partial charge in [0, 0.05) is 16.2 Å². The molecule has 0 saturated carbocycles. The number of hydrogen-bond acceptors (Lipinski definition) is 2. The number of para-hydroxylation sites is 2. The molecule has 3 aromatic heterocycles. The van der Waals surface area contributed by atoms with Crippen LogP contribution < -0.4 is 4.68 Å². The molecule has 0 bridgehead atoms. The molecule has 174 valence electrons. The second kappa shape index (κ2) is 8.07. The molecule has 0 N–H and O–H groups in total. The molecule has 0 fully saturated rings. The second-order valence-corrected chi connectivity index (χ2v) is 9.11. The quantitative estimate of drug-likeness (QED) is 0.200. The smallest absolute Gasteiger partial charge is 0.224 e. The van der Waals surface area contributed by atoms with Gasteiger partial charge in [0.2, 0.25) is 12.4 Å². The first-order valence-corrected chi connectivity index (χ1v) is 12.0. The highest BCUT2D eigenvalue weighted by Gasteiger charge is 2.21. The second-order valence-electron chi connectivity index (χ2n) is 9.11. The van der Waals surface area contributed by atoms with Crippen molar-refractivity contribution in [3.63, 3.8) is 0 Å². The van der Waals surface area contributed by atoms with Crippen molar-refractivity contribution in [2.24, 2.45) is 0 Å². The number of hydrogen-bond donors (Lipinski definition) is 0. The van der Waals surface area contributed by atoms with Gasteiger partial charge in [-0.05, 0) is 53.9 Å². The van der Waals surface area contributed by atoms with E-state index >= 15 is 0 Å². The average Bonchev–Trinajstić information content (AvgIpc) is 3.49. The van der Waals surface area contributed by atoms with Crippen LogP contribution in [0.3, 0.4) is 0 Å². The molecule has 38 heavy (non-hydrogen) atoms. The summed E-state index contributed by atoms with van der Waals surface area (Å²) in [5.41, 5.74) is 6.36. The predicted octanol–water partition coefficient (Wildman–Crippen LogP) is 6.78. The number of pyridine rings is 1. The van der Waals surface area contributed by atoms with Crippen LogP contribution in [0.1, 0.15) is 11.1 Å². The third-order valence-electron chi connectivity index (χ3n) is 7.02. The SMILES string of the molecule is [C-]#[N+]c1ccc2c(c1)c1ccccc1n2-c1cc(C#N)c[n+](-n2c3ccccc3c3cc(C#N)ccc32)c1. The van der Waals surface area contributed by atoms with Gasteiger partial charge in [0.25, 0.3) is 0 Å². The number of fused-ring (bicyclic) bond motifs is 6. The topological polar surface area (TPSA) is 65.7 Å². The summed E-state index contributed by atoms with van der Waals surface area (Å²) < 4.78 is 6.15. The van der Waals surface area contributed by atoms with Crippen LogP contribution in [0.15, 0.2) is 103 Å². The third-order valence-corrected chi connectivity index (χ3v) is 7.02. The molecule has 4 aromatic carbocycles. The van der Waals surface area contributed by atoms with Crippen LogP contribution in [0.4, 0.5) is 5.69 Å². The molecule has 0 aliphatic rings. The lowest BCUT2D eigenvalue weighted by Crippen LogP contribution is -2.41. The molecule has 0 unspecified atom stereocenters. The lowest BCUT2D eigenvalue weighted by atomic mass is 10.1. The van der Waals surface area contributed by atoms with Gasteiger partial charge in [0.05, 0.1) is 29.2 Å².